The van der Waals surface area contributed by atoms with Crippen LogP contribution in [0.1, 0.15) is 5.56 Å². The first-order valence-electron chi connectivity index (χ1n) is 6.73. The van der Waals surface area contributed by atoms with Crippen LogP contribution in [0.3, 0.4) is 0 Å². The van der Waals surface area contributed by atoms with Gasteiger partial charge in [-0.2, -0.15) is 5.10 Å². The van der Waals surface area contributed by atoms with E-state index in [4.69, 9.17) is 23.2 Å². The van der Waals surface area contributed by atoms with Gasteiger partial charge in [-0.05, 0) is 12.1 Å². The Hall–Kier alpha value is -2.97. The van der Waals surface area contributed by atoms with Crippen molar-refractivity contribution in [2.45, 2.75) is 0 Å². The predicted octanol–water partition coefficient (Wildman–Crippen LogP) is 4.64. The van der Waals surface area contributed by atoms with E-state index in [2.05, 4.69) is 10.5 Å². The molecule has 0 radical (unpaired) electrons. The minimum atomic E-state index is -0.739. The average Bonchev–Trinajstić information content (AvgIpc) is 2.58. The van der Waals surface area contributed by atoms with Crippen LogP contribution in [-0.4, -0.2) is 15.6 Å². The summed E-state index contributed by atoms with van der Waals surface area (Å²) in [4.78, 5) is 20.4. The third-order valence-electron chi connectivity index (χ3n) is 3.00. The molecule has 2 aromatic carbocycles. The van der Waals surface area contributed by atoms with Crippen LogP contribution in [0, 0.1) is 20.2 Å². The molecule has 0 aliphatic carbocycles. The summed E-state index contributed by atoms with van der Waals surface area (Å²) < 4.78 is -0.0531. The third kappa shape index (κ3) is 5.00. The molecule has 0 saturated heterocycles. The summed E-state index contributed by atoms with van der Waals surface area (Å²) in [5.41, 5.74) is 2.63. The molecule has 0 atom stereocenters. The van der Waals surface area contributed by atoms with Crippen LogP contribution < -0.4 is 5.43 Å². The Labute approximate surface area is 151 Å². The number of non-ortho nitro benzene ring substituents is 1. The summed E-state index contributed by atoms with van der Waals surface area (Å²) in [7, 11) is 0. The zero-order valence-electron chi connectivity index (χ0n) is 12.4. The number of hydrogen-bond donors (Lipinski definition) is 1. The van der Waals surface area contributed by atoms with Crippen molar-refractivity contribution >= 4 is 46.0 Å². The van der Waals surface area contributed by atoms with Crippen LogP contribution in [0.2, 0.25) is 0 Å². The number of nitrogens with zero attached hydrogens (tertiary/aromatic N) is 3. The third-order valence-corrected chi connectivity index (χ3v) is 3.22. The van der Waals surface area contributed by atoms with E-state index in [0.717, 1.165) is 12.1 Å². The number of nitro groups is 2. The van der Waals surface area contributed by atoms with E-state index in [1.54, 1.807) is 24.3 Å². The largest absolute Gasteiger partial charge is 0.301 e. The molecule has 0 fully saturated rings. The minimum Gasteiger partial charge on any atom is -0.271 e. The lowest BCUT2D eigenvalue weighted by atomic mass is 10.1. The first-order chi connectivity index (χ1) is 11.9. The van der Waals surface area contributed by atoms with Gasteiger partial charge in [0.1, 0.15) is 10.2 Å². The molecule has 0 saturated carbocycles. The molecule has 128 valence electrons. The lowest BCUT2D eigenvalue weighted by molar-refractivity contribution is -0.393. The van der Waals surface area contributed by atoms with E-state index in [9.17, 15) is 20.2 Å². The van der Waals surface area contributed by atoms with E-state index in [-0.39, 0.29) is 10.2 Å². The number of hydrazone groups is 1. The second kappa shape index (κ2) is 8.22. The summed E-state index contributed by atoms with van der Waals surface area (Å²) in [6.45, 7) is 0. The van der Waals surface area contributed by atoms with Crippen molar-refractivity contribution in [2.24, 2.45) is 5.10 Å². The van der Waals surface area contributed by atoms with Gasteiger partial charge in [0.05, 0.1) is 21.6 Å². The fourth-order valence-corrected chi connectivity index (χ4v) is 2.10. The maximum Gasteiger partial charge on any atom is 0.301 e. The second-order valence-corrected chi connectivity index (χ2v) is 5.63. The zero-order valence-corrected chi connectivity index (χ0v) is 13.9. The molecule has 10 heteroatoms. The maximum absolute atomic E-state index is 11.1. The van der Waals surface area contributed by atoms with Crippen LogP contribution >= 0.6 is 23.2 Å². The molecule has 0 amide bonds. The van der Waals surface area contributed by atoms with Crippen LogP contribution in [-0.2, 0) is 0 Å². The van der Waals surface area contributed by atoms with Crippen molar-refractivity contribution in [1.82, 2.24) is 0 Å². The molecule has 8 nitrogen and oxygen atoms in total. The average molecular weight is 381 g/mol. The highest BCUT2D eigenvalue weighted by molar-refractivity contribution is 6.57. The Morgan fingerprint density at radius 1 is 1.04 bits per heavy atom. The number of nitrogens with one attached hydrogen (secondary N) is 1. The molecule has 2 aromatic rings. The topological polar surface area (TPSA) is 111 Å². The van der Waals surface area contributed by atoms with Crippen molar-refractivity contribution in [3.05, 3.63) is 84.9 Å². The van der Waals surface area contributed by atoms with Gasteiger partial charge in [0, 0.05) is 11.6 Å². The normalized spacial score (nSPS) is 10.9. The van der Waals surface area contributed by atoms with Crippen LogP contribution in [0.25, 0.3) is 0 Å². The van der Waals surface area contributed by atoms with Gasteiger partial charge in [0.2, 0.25) is 0 Å². The molecule has 25 heavy (non-hydrogen) atoms. The van der Waals surface area contributed by atoms with Crippen molar-refractivity contribution < 1.29 is 9.85 Å². The molecule has 0 bridgehead atoms. The maximum atomic E-state index is 11.1. The molecular formula is C15H10Cl2N4O4. The van der Waals surface area contributed by atoms with Gasteiger partial charge < -0.3 is 0 Å². The highest BCUT2D eigenvalue weighted by Gasteiger charge is 2.19. The lowest BCUT2D eigenvalue weighted by Gasteiger charge is -2.05. The van der Waals surface area contributed by atoms with Crippen molar-refractivity contribution in [3.63, 3.8) is 0 Å². The fourth-order valence-electron chi connectivity index (χ4n) is 1.89. The molecular weight excluding hydrogens is 371 g/mol. The van der Waals surface area contributed by atoms with E-state index in [0.29, 0.717) is 11.3 Å². The first-order valence-corrected chi connectivity index (χ1v) is 7.48. The number of nitro benzene ring substituents is 2. The monoisotopic (exact) mass is 380 g/mol. The van der Waals surface area contributed by atoms with Gasteiger partial charge in [0.15, 0.2) is 0 Å². The minimum absolute atomic E-state index is 0.0110. The lowest BCUT2D eigenvalue weighted by Crippen LogP contribution is -2.03. The molecule has 2 rings (SSSR count). The SMILES string of the molecule is O=[N+]([O-])c1ccc(NN=C(C=C(Cl)Cl)c2ccccc2)c([N+](=O)[O-])c1. The fraction of sp³-hybridized carbons (Fsp3) is 0. The smallest absolute Gasteiger partial charge is 0.271 e. The van der Waals surface area contributed by atoms with Crippen LogP contribution in [0.5, 0.6) is 0 Å². The molecule has 1 N–H and O–H groups in total. The summed E-state index contributed by atoms with van der Waals surface area (Å²) >= 11 is 11.4. The first kappa shape index (κ1) is 18.4. The van der Waals surface area contributed by atoms with Gasteiger partial charge in [-0.25, -0.2) is 0 Å². The molecule has 0 unspecified atom stereocenters. The summed E-state index contributed by atoms with van der Waals surface area (Å²) in [6, 6.07) is 12.0. The predicted molar refractivity (Wildman–Crippen MR) is 96.1 cm³/mol. The Kier molecular flexibility index (Phi) is 6.04. The van der Waals surface area contributed by atoms with Crippen LogP contribution in [0.4, 0.5) is 17.1 Å². The molecule has 0 aromatic heterocycles. The molecule has 0 spiro atoms. The number of hydrogen-bond acceptors (Lipinski definition) is 6. The number of anilines is 1. The van der Waals surface area contributed by atoms with Crippen molar-refractivity contribution in [3.8, 4) is 0 Å². The highest BCUT2D eigenvalue weighted by atomic mass is 35.5. The number of rotatable bonds is 6. The second-order valence-electron chi connectivity index (χ2n) is 4.62. The van der Waals surface area contributed by atoms with E-state index < -0.39 is 21.2 Å². The number of halogens is 2. The summed E-state index contributed by atoms with van der Waals surface area (Å²) in [5, 5.41) is 26.0. The van der Waals surface area contributed by atoms with E-state index in [1.165, 1.54) is 12.1 Å². The quantitative estimate of drug-likeness (QED) is 0.445. The van der Waals surface area contributed by atoms with E-state index >= 15 is 0 Å². The van der Waals surface area contributed by atoms with Crippen LogP contribution in [0.15, 0.2) is 64.2 Å². The standard InChI is InChI=1S/C15H10Cl2N4O4/c16-15(17)9-13(10-4-2-1-3-5-10)19-18-12-7-6-11(20(22)23)8-14(12)21(24)25/h1-9,18H. The highest BCUT2D eigenvalue weighted by Crippen LogP contribution is 2.29. The number of allylic oxidation sites excluding steroid dienone is 1. The van der Waals surface area contributed by atoms with Crippen molar-refractivity contribution in [1.29, 1.82) is 0 Å². The Balaban J connectivity index is 2.42. The Bertz CT molecular complexity index is 865. The van der Waals surface area contributed by atoms with E-state index in [1.807, 2.05) is 6.07 Å². The molecule has 0 heterocycles. The van der Waals surface area contributed by atoms with Gasteiger partial charge in [-0.3, -0.25) is 25.7 Å². The number of benzene rings is 2. The zero-order chi connectivity index (χ0) is 18.4. The van der Waals surface area contributed by atoms with Crippen molar-refractivity contribution in [2.75, 3.05) is 5.43 Å². The molecule has 0 aliphatic rings. The van der Waals surface area contributed by atoms with Gasteiger partial charge in [-0.1, -0.05) is 53.5 Å². The Morgan fingerprint density at radius 3 is 2.28 bits per heavy atom. The van der Waals surface area contributed by atoms with Gasteiger partial charge in [0.25, 0.3) is 5.69 Å². The Morgan fingerprint density at radius 2 is 1.72 bits per heavy atom. The summed E-state index contributed by atoms with van der Waals surface area (Å²) in [5.74, 6) is 0. The summed E-state index contributed by atoms with van der Waals surface area (Å²) in [6.07, 6.45) is 1.36. The van der Waals surface area contributed by atoms with Gasteiger partial charge >= 0.3 is 5.69 Å². The van der Waals surface area contributed by atoms with Gasteiger partial charge in [-0.15, -0.1) is 0 Å². The molecule has 0 aliphatic heterocycles.